The second-order valence-electron chi connectivity index (χ2n) is 9.90. The first-order chi connectivity index (χ1) is 11.2. The van der Waals surface area contributed by atoms with E-state index >= 15 is 0 Å². The second kappa shape index (κ2) is 8.09. The Bertz CT molecular complexity index is 563. The first kappa shape index (κ1) is 22.0. The summed E-state index contributed by atoms with van der Waals surface area (Å²) in [7, 11) is 4.21. The first-order valence-electron chi connectivity index (χ1n) is 9.49. The zero-order valence-electron chi connectivity index (χ0n) is 18.2. The zero-order chi connectivity index (χ0) is 19.6. The van der Waals surface area contributed by atoms with E-state index in [4.69, 9.17) is 0 Å². The Morgan fingerprint density at radius 3 is 1.88 bits per heavy atom. The van der Waals surface area contributed by atoms with Crippen LogP contribution in [0.1, 0.15) is 72.1 Å². The number of nitrogens with zero attached hydrogens (tertiary/aromatic N) is 2. The molecule has 0 atom stereocenters. The van der Waals surface area contributed by atoms with E-state index in [0.29, 0.717) is 11.8 Å². The average molecular weight is 349 g/mol. The Morgan fingerprint density at radius 2 is 1.48 bits per heavy atom. The number of rotatable bonds is 6. The summed E-state index contributed by atoms with van der Waals surface area (Å²) in [5.74, 6) is 0.469. The van der Waals surface area contributed by atoms with E-state index in [0.717, 1.165) is 30.8 Å². The maximum Gasteiger partial charge on any atom is 0.123 e. The fraction of sp³-hybridized carbons (Fsp3) is 0.727. The van der Waals surface area contributed by atoms with E-state index in [1.807, 2.05) is 0 Å². The van der Waals surface area contributed by atoms with Crippen molar-refractivity contribution in [2.75, 3.05) is 27.2 Å². The van der Waals surface area contributed by atoms with Gasteiger partial charge in [0, 0.05) is 31.2 Å². The summed E-state index contributed by atoms with van der Waals surface area (Å²) in [6.45, 7) is 20.5. The molecule has 0 aliphatic rings. The number of hydrogen-bond acceptors (Lipinski definition) is 3. The molecule has 0 aliphatic carbocycles. The molecular formula is C22H40N2O. The summed E-state index contributed by atoms with van der Waals surface area (Å²) >= 11 is 0. The topological polar surface area (TPSA) is 26.7 Å². The molecule has 0 spiro atoms. The summed E-state index contributed by atoms with van der Waals surface area (Å²) in [6.07, 6.45) is 0. The van der Waals surface area contributed by atoms with Crippen LogP contribution in [0.5, 0.6) is 5.75 Å². The number of phenols is 1. The molecule has 0 heterocycles. The SMILES string of the molecule is CC(C)N(CCN(C)C)Cc1cc(C(C)(C)C)cc(C(C)(C)C)c1O. The lowest BCUT2D eigenvalue weighted by atomic mass is 9.79. The van der Waals surface area contributed by atoms with Crippen LogP contribution in [0.3, 0.4) is 0 Å². The molecule has 0 saturated carbocycles. The van der Waals surface area contributed by atoms with E-state index in [1.54, 1.807) is 0 Å². The third-order valence-electron chi connectivity index (χ3n) is 4.80. The number of hydrogen-bond donors (Lipinski definition) is 1. The summed E-state index contributed by atoms with van der Waals surface area (Å²) in [6, 6.07) is 4.84. The quantitative estimate of drug-likeness (QED) is 0.803. The monoisotopic (exact) mass is 348 g/mol. The fourth-order valence-electron chi connectivity index (χ4n) is 2.89. The van der Waals surface area contributed by atoms with Crippen LogP contribution >= 0.6 is 0 Å². The fourth-order valence-corrected chi connectivity index (χ4v) is 2.89. The van der Waals surface area contributed by atoms with Crippen molar-refractivity contribution in [3.63, 3.8) is 0 Å². The lowest BCUT2D eigenvalue weighted by Gasteiger charge is -2.31. The molecule has 0 aliphatic heterocycles. The molecule has 3 nitrogen and oxygen atoms in total. The van der Waals surface area contributed by atoms with Crippen LogP contribution in [-0.4, -0.2) is 48.1 Å². The molecule has 0 saturated heterocycles. The molecule has 1 aromatic carbocycles. The maximum absolute atomic E-state index is 11.0. The average Bonchev–Trinajstić information content (AvgIpc) is 2.41. The summed E-state index contributed by atoms with van der Waals surface area (Å²) in [5.41, 5.74) is 3.37. The lowest BCUT2D eigenvalue weighted by Crippen LogP contribution is -2.36. The van der Waals surface area contributed by atoms with Crippen molar-refractivity contribution in [1.82, 2.24) is 9.80 Å². The van der Waals surface area contributed by atoms with Crippen molar-refractivity contribution in [3.05, 3.63) is 28.8 Å². The maximum atomic E-state index is 11.0. The van der Waals surface area contributed by atoms with Gasteiger partial charge < -0.3 is 10.0 Å². The van der Waals surface area contributed by atoms with Gasteiger partial charge in [-0.05, 0) is 49.9 Å². The molecule has 25 heavy (non-hydrogen) atoms. The van der Waals surface area contributed by atoms with Crippen LogP contribution in [0.15, 0.2) is 12.1 Å². The van der Waals surface area contributed by atoms with Crippen molar-refractivity contribution in [1.29, 1.82) is 0 Å². The van der Waals surface area contributed by atoms with Crippen molar-refractivity contribution >= 4 is 0 Å². The predicted octanol–water partition coefficient (Wildman–Crippen LogP) is 4.76. The molecule has 3 heteroatoms. The van der Waals surface area contributed by atoms with E-state index in [1.165, 1.54) is 5.56 Å². The molecule has 144 valence electrons. The highest BCUT2D eigenvalue weighted by Crippen LogP contribution is 2.38. The van der Waals surface area contributed by atoms with Crippen LogP contribution in [0.25, 0.3) is 0 Å². The normalized spacial score (nSPS) is 13.3. The van der Waals surface area contributed by atoms with Crippen molar-refractivity contribution in [2.24, 2.45) is 0 Å². The minimum atomic E-state index is -0.0770. The zero-order valence-corrected chi connectivity index (χ0v) is 18.2. The molecule has 0 bridgehead atoms. The van der Waals surface area contributed by atoms with Crippen LogP contribution < -0.4 is 0 Å². The van der Waals surface area contributed by atoms with E-state index in [2.05, 4.69) is 91.4 Å². The van der Waals surface area contributed by atoms with Gasteiger partial charge in [0.15, 0.2) is 0 Å². The second-order valence-corrected chi connectivity index (χ2v) is 9.90. The van der Waals surface area contributed by atoms with Gasteiger partial charge in [-0.2, -0.15) is 0 Å². The van der Waals surface area contributed by atoms with Gasteiger partial charge >= 0.3 is 0 Å². The Hall–Kier alpha value is -1.06. The van der Waals surface area contributed by atoms with Gasteiger partial charge in [0.25, 0.3) is 0 Å². The van der Waals surface area contributed by atoms with Gasteiger partial charge in [-0.1, -0.05) is 53.7 Å². The summed E-state index contributed by atoms with van der Waals surface area (Å²) in [4.78, 5) is 4.65. The molecule has 1 aromatic rings. The van der Waals surface area contributed by atoms with Crippen molar-refractivity contribution in [3.8, 4) is 5.75 Å². The highest BCUT2D eigenvalue weighted by Gasteiger charge is 2.25. The van der Waals surface area contributed by atoms with E-state index in [-0.39, 0.29) is 10.8 Å². The molecular weight excluding hydrogens is 308 g/mol. The van der Waals surface area contributed by atoms with Crippen LogP contribution in [0.2, 0.25) is 0 Å². The molecule has 0 aromatic heterocycles. The number of benzene rings is 1. The molecule has 1 N–H and O–H groups in total. The van der Waals surface area contributed by atoms with E-state index in [9.17, 15) is 5.11 Å². The molecule has 0 unspecified atom stereocenters. The predicted molar refractivity (Wildman–Crippen MR) is 110 cm³/mol. The third-order valence-corrected chi connectivity index (χ3v) is 4.80. The Balaban J connectivity index is 3.32. The Morgan fingerprint density at radius 1 is 0.920 bits per heavy atom. The highest BCUT2D eigenvalue weighted by atomic mass is 16.3. The molecule has 0 fully saturated rings. The van der Waals surface area contributed by atoms with Gasteiger partial charge in [0.05, 0.1) is 0 Å². The van der Waals surface area contributed by atoms with Crippen molar-refractivity contribution < 1.29 is 5.11 Å². The number of phenolic OH excluding ortho intramolecular Hbond substituents is 1. The number of likely N-dealkylation sites (N-methyl/N-ethyl adjacent to an activating group) is 1. The van der Waals surface area contributed by atoms with Gasteiger partial charge in [-0.3, -0.25) is 4.90 Å². The van der Waals surface area contributed by atoms with Crippen LogP contribution in [0, 0.1) is 0 Å². The Kier molecular flexibility index (Phi) is 7.12. The third kappa shape index (κ3) is 6.31. The molecule has 0 amide bonds. The number of aromatic hydroxyl groups is 1. The van der Waals surface area contributed by atoms with Gasteiger partial charge in [0.1, 0.15) is 5.75 Å². The van der Waals surface area contributed by atoms with Gasteiger partial charge in [-0.25, -0.2) is 0 Å². The minimum absolute atomic E-state index is 0.0642. The highest BCUT2D eigenvalue weighted by molar-refractivity contribution is 5.48. The minimum Gasteiger partial charge on any atom is -0.507 e. The Labute approximate surface area is 156 Å². The summed E-state index contributed by atoms with van der Waals surface area (Å²) in [5, 5.41) is 11.0. The summed E-state index contributed by atoms with van der Waals surface area (Å²) < 4.78 is 0. The lowest BCUT2D eigenvalue weighted by molar-refractivity contribution is 0.189. The van der Waals surface area contributed by atoms with Gasteiger partial charge in [-0.15, -0.1) is 0 Å². The van der Waals surface area contributed by atoms with Crippen LogP contribution in [0.4, 0.5) is 0 Å². The van der Waals surface area contributed by atoms with E-state index < -0.39 is 0 Å². The van der Waals surface area contributed by atoms with Gasteiger partial charge in [0.2, 0.25) is 0 Å². The first-order valence-corrected chi connectivity index (χ1v) is 9.49. The molecule has 0 radical (unpaired) electrons. The van der Waals surface area contributed by atoms with Crippen molar-refractivity contribution in [2.45, 2.75) is 78.8 Å². The largest absolute Gasteiger partial charge is 0.507 e. The molecule has 1 rings (SSSR count). The standard InChI is InChI=1S/C22H40N2O/c1-16(2)24(12-11-23(9)10)15-17-13-18(21(3,4)5)14-19(20(17)25)22(6,7)8/h13-14,16,25H,11-12,15H2,1-10H3. The van der Waals surface area contributed by atoms with Crippen LogP contribution in [-0.2, 0) is 17.4 Å². The smallest absolute Gasteiger partial charge is 0.123 e.